The molecule has 10 heteroatoms. The van der Waals surface area contributed by atoms with Crippen LogP contribution in [0.1, 0.15) is 34.3 Å². The van der Waals surface area contributed by atoms with E-state index in [1.807, 2.05) is 0 Å². The number of pyridine rings is 1. The fourth-order valence-corrected chi connectivity index (χ4v) is 2.69. The molecule has 3 nitrogen and oxygen atoms in total. The third kappa shape index (κ3) is 4.26. The van der Waals surface area contributed by atoms with E-state index < -0.39 is 46.3 Å². The molecule has 1 aromatic heterocycles. The van der Waals surface area contributed by atoms with Gasteiger partial charge in [0.25, 0.3) is 5.91 Å². The molecular formula is C18H13F7N2O. The fourth-order valence-electron chi connectivity index (χ4n) is 2.69. The van der Waals surface area contributed by atoms with E-state index >= 15 is 0 Å². The maximum absolute atomic E-state index is 14.1. The molecule has 0 aliphatic heterocycles. The number of aromatic nitrogens is 1. The van der Waals surface area contributed by atoms with Crippen LogP contribution in [-0.2, 0) is 18.9 Å². The van der Waals surface area contributed by atoms with E-state index in [1.54, 1.807) is 0 Å². The topological polar surface area (TPSA) is 34.4 Å². The summed E-state index contributed by atoms with van der Waals surface area (Å²) in [6.45, 7) is 0.168. The van der Waals surface area contributed by atoms with E-state index in [0.717, 1.165) is 35.6 Å². The number of nitrogens with zero attached hydrogens (tertiary/aromatic N) is 2. The first-order valence-electron chi connectivity index (χ1n) is 8.20. The predicted octanol–water partition coefficient (Wildman–Crippen LogP) is 4.82. The van der Waals surface area contributed by atoms with Gasteiger partial charge in [-0.15, -0.1) is 0 Å². The first kappa shape index (κ1) is 20.1. The summed E-state index contributed by atoms with van der Waals surface area (Å²) in [5.74, 6) is -3.27. The van der Waals surface area contributed by atoms with Gasteiger partial charge < -0.3 is 4.57 Å². The van der Waals surface area contributed by atoms with E-state index in [9.17, 15) is 35.5 Å². The molecule has 150 valence electrons. The smallest absolute Gasteiger partial charge is 0.332 e. The van der Waals surface area contributed by atoms with Gasteiger partial charge >= 0.3 is 12.4 Å². The number of hydrogen-bond donors (Lipinski definition) is 0. The molecule has 0 unspecified atom stereocenters. The summed E-state index contributed by atoms with van der Waals surface area (Å²) in [4.78, 5) is 15.6. The summed E-state index contributed by atoms with van der Waals surface area (Å²) in [6.07, 6.45) is -7.01. The number of alkyl halides is 6. The van der Waals surface area contributed by atoms with Crippen molar-refractivity contribution in [3.8, 4) is 0 Å². The maximum atomic E-state index is 14.1. The zero-order valence-corrected chi connectivity index (χ0v) is 14.1. The van der Waals surface area contributed by atoms with Gasteiger partial charge in [-0.1, -0.05) is 6.07 Å². The van der Waals surface area contributed by atoms with Gasteiger partial charge in [0.1, 0.15) is 11.3 Å². The Bertz CT molecular complexity index is 969. The molecule has 1 heterocycles. The molecule has 3 rings (SSSR count). The first-order chi connectivity index (χ1) is 13.0. The third-order valence-electron chi connectivity index (χ3n) is 4.24. The van der Waals surface area contributed by atoms with E-state index in [4.69, 9.17) is 0 Å². The molecule has 1 saturated carbocycles. The van der Waals surface area contributed by atoms with Gasteiger partial charge in [0, 0.05) is 12.7 Å². The summed E-state index contributed by atoms with van der Waals surface area (Å²) in [5.41, 5.74) is -4.73. The fraction of sp³-hybridized carbons (Fsp3) is 0.333. The lowest BCUT2D eigenvalue weighted by Gasteiger charge is -2.13. The summed E-state index contributed by atoms with van der Waals surface area (Å²) in [6, 6.07) is 3.82. The second-order valence-corrected chi connectivity index (χ2v) is 6.42. The Morgan fingerprint density at radius 3 is 2.18 bits per heavy atom. The standard InChI is InChI=1S/C18H13F7N2O/c19-14-11(3-1-4-12(14)17(20,21)22)16(28)26-15-13(18(23,24)25)5-2-8-27(15)9-10-6-7-10/h1-5,8,10H,6-7,9H2. The lowest BCUT2D eigenvalue weighted by molar-refractivity contribution is -0.140. The number of rotatable bonds is 3. The summed E-state index contributed by atoms with van der Waals surface area (Å²) in [7, 11) is 0. The van der Waals surface area contributed by atoms with Crippen LogP contribution < -0.4 is 5.49 Å². The Balaban J connectivity index is 2.14. The number of halogens is 7. The van der Waals surface area contributed by atoms with Crippen molar-refractivity contribution in [3.63, 3.8) is 0 Å². The van der Waals surface area contributed by atoms with Crippen LogP contribution in [0.3, 0.4) is 0 Å². The summed E-state index contributed by atoms with van der Waals surface area (Å²) in [5, 5.41) is 0. The van der Waals surface area contributed by atoms with Crippen LogP contribution in [0, 0.1) is 11.7 Å². The Kier molecular flexibility index (Phi) is 5.07. The molecule has 28 heavy (non-hydrogen) atoms. The van der Waals surface area contributed by atoms with Crippen molar-refractivity contribution in [1.29, 1.82) is 0 Å². The van der Waals surface area contributed by atoms with Crippen LogP contribution in [0.25, 0.3) is 0 Å². The average Bonchev–Trinajstić information content (AvgIpc) is 3.38. The molecular weight excluding hydrogens is 393 g/mol. The zero-order chi connectivity index (χ0) is 20.7. The Hall–Kier alpha value is -2.65. The van der Waals surface area contributed by atoms with E-state index in [0.29, 0.717) is 12.1 Å². The van der Waals surface area contributed by atoms with Crippen molar-refractivity contribution in [2.75, 3.05) is 0 Å². The van der Waals surface area contributed by atoms with Crippen molar-refractivity contribution in [2.24, 2.45) is 10.9 Å². The van der Waals surface area contributed by atoms with E-state index in [-0.39, 0.29) is 12.5 Å². The van der Waals surface area contributed by atoms with Crippen molar-refractivity contribution >= 4 is 5.91 Å². The lowest BCUT2D eigenvalue weighted by atomic mass is 10.1. The van der Waals surface area contributed by atoms with E-state index in [1.165, 1.54) is 6.20 Å². The molecule has 1 fully saturated rings. The average molecular weight is 406 g/mol. The highest BCUT2D eigenvalue weighted by Gasteiger charge is 2.37. The number of carbonyl (C=O) groups is 1. The lowest BCUT2D eigenvalue weighted by Crippen LogP contribution is -2.31. The SMILES string of the molecule is O=C(N=c1c(C(F)(F)F)cccn1CC1CC1)c1cccc(C(F)(F)F)c1F. The Morgan fingerprint density at radius 1 is 1.00 bits per heavy atom. The second kappa shape index (κ2) is 7.06. The molecule has 1 amide bonds. The minimum Gasteiger partial charge on any atom is -0.332 e. The highest BCUT2D eigenvalue weighted by molar-refractivity contribution is 5.95. The van der Waals surface area contributed by atoms with Gasteiger partial charge in [0.2, 0.25) is 0 Å². The normalized spacial score (nSPS) is 15.8. The number of hydrogen-bond acceptors (Lipinski definition) is 1. The molecule has 0 atom stereocenters. The van der Waals surface area contributed by atoms with Gasteiger partial charge in [-0.3, -0.25) is 4.79 Å². The van der Waals surface area contributed by atoms with Crippen LogP contribution in [0.5, 0.6) is 0 Å². The molecule has 0 saturated heterocycles. The zero-order valence-electron chi connectivity index (χ0n) is 14.1. The quantitative estimate of drug-likeness (QED) is 0.674. The highest BCUT2D eigenvalue weighted by atomic mass is 19.4. The summed E-state index contributed by atoms with van der Waals surface area (Å²) < 4.78 is 93.7. The number of amides is 1. The van der Waals surface area contributed by atoms with Crippen LogP contribution >= 0.6 is 0 Å². The minimum absolute atomic E-state index is 0.128. The second-order valence-electron chi connectivity index (χ2n) is 6.42. The van der Waals surface area contributed by atoms with Crippen molar-refractivity contribution < 1.29 is 35.5 Å². The first-order valence-corrected chi connectivity index (χ1v) is 8.20. The van der Waals surface area contributed by atoms with Crippen LogP contribution in [0.4, 0.5) is 30.7 Å². The Morgan fingerprint density at radius 2 is 1.61 bits per heavy atom. The van der Waals surface area contributed by atoms with Crippen LogP contribution in [-0.4, -0.2) is 10.5 Å². The Labute approximate surface area is 154 Å². The molecule has 1 aliphatic rings. The molecule has 2 aromatic rings. The van der Waals surface area contributed by atoms with Gasteiger partial charge in [-0.05, 0) is 43.0 Å². The highest BCUT2D eigenvalue weighted by Crippen LogP contribution is 2.33. The molecule has 0 N–H and O–H groups in total. The predicted molar refractivity (Wildman–Crippen MR) is 83.5 cm³/mol. The number of benzene rings is 1. The molecule has 1 aromatic carbocycles. The maximum Gasteiger partial charge on any atom is 0.419 e. The minimum atomic E-state index is -5.06. The van der Waals surface area contributed by atoms with E-state index in [2.05, 4.69) is 4.99 Å². The van der Waals surface area contributed by atoms with Gasteiger partial charge in [0.05, 0.1) is 16.7 Å². The third-order valence-corrected chi connectivity index (χ3v) is 4.24. The van der Waals surface area contributed by atoms with Gasteiger partial charge in [-0.25, -0.2) is 4.39 Å². The van der Waals surface area contributed by atoms with Gasteiger partial charge in [-0.2, -0.15) is 31.3 Å². The molecule has 0 radical (unpaired) electrons. The summed E-state index contributed by atoms with van der Waals surface area (Å²) >= 11 is 0. The molecule has 0 bridgehead atoms. The van der Waals surface area contributed by atoms with Gasteiger partial charge in [0.15, 0.2) is 0 Å². The van der Waals surface area contributed by atoms with Crippen molar-refractivity contribution in [2.45, 2.75) is 31.7 Å². The van der Waals surface area contributed by atoms with Crippen LogP contribution in [0.2, 0.25) is 0 Å². The molecule has 0 spiro atoms. The molecule has 1 aliphatic carbocycles. The van der Waals surface area contributed by atoms with Crippen LogP contribution in [0.15, 0.2) is 41.5 Å². The monoisotopic (exact) mass is 406 g/mol. The number of carbonyl (C=O) groups excluding carboxylic acids is 1. The van der Waals surface area contributed by atoms with Crippen molar-refractivity contribution in [3.05, 3.63) is 64.5 Å². The van der Waals surface area contributed by atoms with Crippen molar-refractivity contribution in [1.82, 2.24) is 4.57 Å². The largest absolute Gasteiger partial charge is 0.419 e.